The first-order valence-electron chi connectivity index (χ1n) is 12.1. The van der Waals surface area contributed by atoms with E-state index in [0.717, 1.165) is 22.0 Å². The van der Waals surface area contributed by atoms with Crippen LogP contribution in [0.1, 0.15) is 18.2 Å². The van der Waals surface area contributed by atoms with E-state index in [1.54, 1.807) is 12.1 Å². The lowest BCUT2D eigenvalue weighted by Gasteiger charge is -2.10. The normalized spacial score (nSPS) is 11.6. The Labute approximate surface area is 238 Å². The lowest BCUT2D eigenvalue weighted by Crippen LogP contribution is -2.41. The van der Waals surface area contributed by atoms with Crippen molar-refractivity contribution in [3.05, 3.63) is 70.8 Å². The Morgan fingerprint density at radius 3 is 2.29 bits per heavy atom. The summed E-state index contributed by atoms with van der Waals surface area (Å²) in [4.78, 5) is 39.5. The van der Waals surface area contributed by atoms with Crippen LogP contribution in [0.25, 0.3) is 16.9 Å². The average Bonchev–Trinajstić information content (AvgIpc) is 3.37. The summed E-state index contributed by atoms with van der Waals surface area (Å²) in [6.07, 6.45) is -3.85. The summed E-state index contributed by atoms with van der Waals surface area (Å²) < 4.78 is 74.6. The maximum Gasteiger partial charge on any atom is 0.435 e. The molecule has 17 heteroatoms. The van der Waals surface area contributed by atoms with Gasteiger partial charge in [0.2, 0.25) is 6.79 Å². The van der Waals surface area contributed by atoms with Gasteiger partial charge in [0, 0.05) is 24.3 Å². The van der Waals surface area contributed by atoms with Gasteiger partial charge in [-0.1, -0.05) is 24.3 Å². The third kappa shape index (κ3) is 9.00. The summed E-state index contributed by atoms with van der Waals surface area (Å²) >= 11 is 0. The van der Waals surface area contributed by atoms with Gasteiger partial charge in [0.05, 0.1) is 34.7 Å². The van der Waals surface area contributed by atoms with Gasteiger partial charge in [0.15, 0.2) is 15.5 Å². The molecule has 2 aromatic carbocycles. The number of nitrogens with zero attached hydrogens (tertiary/aromatic N) is 4. The zero-order valence-corrected chi connectivity index (χ0v) is 23.4. The smallest absolute Gasteiger partial charge is 0.435 e. The van der Waals surface area contributed by atoms with E-state index in [1.165, 1.54) is 50.4 Å². The highest BCUT2D eigenvalue weighted by atomic mass is 32.2. The van der Waals surface area contributed by atoms with Gasteiger partial charge in [0.1, 0.15) is 13.2 Å². The summed E-state index contributed by atoms with van der Waals surface area (Å²) in [6.45, 7) is 0.534. The van der Waals surface area contributed by atoms with Gasteiger partial charge >= 0.3 is 18.1 Å². The number of rotatable bonds is 13. The Morgan fingerprint density at radius 1 is 1.07 bits per heavy atom. The van der Waals surface area contributed by atoms with Crippen LogP contribution in [0.15, 0.2) is 59.5 Å². The van der Waals surface area contributed by atoms with Gasteiger partial charge in [0.25, 0.3) is 4.98 Å². The highest BCUT2D eigenvalue weighted by molar-refractivity contribution is 7.90. The number of hydrogen-bond acceptors (Lipinski definition) is 9. The average molecular weight is 615 g/mol. The van der Waals surface area contributed by atoms with E-state index in [1.807, 2.05) is 5.59 Å². The number of nitrogens with one attached hydrogen (secondary N) is 1. The quantitative estimate of drug-likeness (QED) is 0.0996. The summed E-state index contributed by atoms with van der Waals surface area (Å²) in [5.74, 6) is -1.20. The predicted molar refractivity (Wildman–Crippen MR) is 139 cm³/mol. The van der Waals surface area contributed by atoms with E-state index in [0.29, 0.717) is 11.1 Å². The van der Waals surface area contributed by atoms with E-state index >= 15 is 0 Å². The van der Waals surface area contributed by atoms with Gasteiger partial charge in [-0.2, -0.15) is 23.1 Å². The maximum atomic E-state index is 13.5. The van der Waals surface area contributed by atoms with Crippen molar-refractivity contribution in [2.45, 2.75) is 24.4 Å². The number of nitroso groups, excluding NO2 is 1. The van der Waals surface area contributed by atoms with Gasteiger partial charge in [-0.15, -0.1) is 5.01 Å². The number of carbonyl (C=O) groups excluding carboxylic acids is 2. The molecule has 0 bridgehead atoms. The van der Waals surface area contributed by atoms with E-state index in [2.05, 4.69) is 14.7 Å². The minimum atomic E-state index is -4.72. The molecule has 0 aliphatic carbocycles. The molecule has 0 unspecified atom stereocenters. The molecule has 0 saturated heterocycles. The molecule has 3 aromatic rings. The molecule has 0 saturated carbocycles. The van der Waals surface area contributed by atoms with E-state index < -0.39 is 40.4 Å². The summed E-state index contributed by atoms with van der Waals surface area (Å²) in [5, 5.41) is 4.77. The second kappa shape index (κ2) is 13.4. The predicted octanol–water partition coefficient (Wildman–Crippen LogP) is 2.63. The third-order valence-electron chi connectivity index (χ3n) is 5.56. The number of benzene rings is 2. The molecular formula is C25H27F3N5O8S+. The van der Waals surface area contributed by atoms with Crippen molar-refractivity contribution >= 4 is 21.8 Å². The number of aromatic nitrogens is 2. The van der Waals surface area contributed by atoms with Gasteiger partial charge < -0.3 is 9.47 Å². The minimum absolute atomic E-state index is 0.00516. The van der Waals surface area contributed by atoms with Crippen molar-refractivity contribution < 1.29 is 50.5 Å². The lowest BCUT2D eigenvalue weighted by molar-refractivity contribution is -0.785. The third-order valence-corrected chi connectivity index (χ3v) is 6.69. The van der Waals surface area contributed by atoms with Crippen molar-refractivity contribution in [1.82, 2.24) is 20.4 Å². The molecule has 0 radical (unpaired) electrons. The number of carbonyl (C=O) groups is 2. The number of alkyl halides is 3. The number of esters is 2. The highest BCUT2D eigenvalue weighted by Crippen LogP contribution is 2.33. The number of hydrogen-bond donors (Lipinski definition) is 1. The molecule has 42 heavy (non-hydrogen) atoms. The molecule has 0 atom stereocenters. The van der Waals surface area contributed by atoms with Crippen LogP contribution in [0.5, 0.6) is 0 Å². The summed E-state index contributed by atoms with van der Waals surface area (Å²) in [5.41, 5.74) is 2.02. The van der Waals surface area contributed by atoms with Crippen molar-refractivity contribution in [2.75, 3.05) is 33.2 Å². The fourth-order valence-corrected chi connectivity index (χ4v) is 4.04. The van der Waals surface area contributed by atoms with Crippen LogP contribution in [0.2, 0.25) is 0 Å². The molecule has 1 aromatic heterocycles. The lowest BCUT2D eigenvalue weighted by atomic mass is 10.1. The van der Waals surface area contributed by atoms with Crippen molar-refractivity contribution in [1.29, 1.82) is 0 Å². The first-order chi connectivity index (χ1) is 19.6. The molecule has 0 spiro atoms. The van der Waals surface area contributed by atoms with Crippen LogP contribution < -0.4 is 5.59 Å². The molecule has 0 aliphatic rings. The molecule has 0 amide bonds. The van der Waals surface area contributed by atoms with Crippen molar-refractivity contribution in [2.24, 2.45) is 0 Å². The Hall–Kier alpha value is -4.51. The Kier molecular flexibility index (Phi) is 10.2. The number of hydrazine groups is 2. The van der Waals surface area contributed by atoms with Crippen LogP contribution in [0.3, 0.4) is 0 Å². The summed E-state index contributed by atoms with van der Waals surface area (Å²) in [7, 11) is -2.12. The summed E-state index contributed by atoms with van der Waals surface area (Å²) in [6, 6.07) is 12.3. The Morgan fingerprint density at radius 2 is 1.71 bits per heavy atom. The maximum absolute atomic E-state index is 13.5. The molecule has 0 fully saturated rings. The minimum Gasteiger partial charge on any atom is -0.463 e. The fraction of sp³-hybridized carbons (Fsp3) is 0.320. The molecule has 1 N–H and O–H groups in total. The SMILES string of the molecule is CC(=O)OCON[N+](=O)N(C)CCOC(=O)Cc1ccc(-c2cc(C(F)(F)F)nn2-c2ccc(S(C)(=O)=O)cc2)cc1. The van der Waals surface area contributed by atoms with Crippen LogP contribution >= 0.6 is 0 Å². The highest BCUT2D eigenvalue weighted by Gasteiger charge is 2.35. The standard InChI is InChI=1S/C25H27F3N5O8S/c1-17(34)40-16-41-30-33(36)31(2)12-13-39-24(35)14-18-4-6-19(7-5-18)22-15-23(25(26,27)28)29-32(22)20-8-10-21(11-9-20)42(3,37)38/h4-11,15H,12-14,16H2,1-3H3,(H,30,36)/q+1. The Bertz CT molecular complexity index is 1520. The molecule has 1 heterocycles. The molecule has 226 valence electrons. The van der Waals surface area contributed by atoms with Crippen molar-refractivity contribution in [3.8, 4) is 16.9 Å². The molecule has 13 nitrogen and oxygen atoms in total. The van der Waals surface area contributed by atoms with E-state index in [9.17, 15) is 36.1 Å². The number of likely N-dealkylation sites (N-methyl/N-ethyl adjacent to an activating group) is 1. The van der Waals surface area contributed by atoms with E-state index in [-0.39, 0.29) is 40.8 Å². The topological polar surface area (TPSA) is 149 Å². The Balaban J connectivity index is 1.63. The largest absolute Gasteiger partial charge is 0.463 e. The monoisotopic (exact) mass is 614 g/mol. The van der Waals surface area contributed by atoms with Gasteiger partial charge in [-0.3, -0.25) is 9.59 Å². The zero-order valence-electron chi connectivity index (χ0n) is 22.6. The second-order valence-corrected chi connectivity index (χ2v) is 10.8. The van der Waals surface area contributed by atoms with Crippen molar-refractivity contribution in [3.63, 3.8) is 0 Å². The number of ether oxygens (including phenoxy) is 2. The van der Waals surface area contributed by atoms with Gasteiger partial charge in [-0.05, 0) is 35.9 Å². The second-order valence-electron chi connectivity index (χ2n) is 8.83. The fourth-order valence-electron chi connectivity index (χ4n) is 3.41. The molecule has 3 rings (SSSR count). The molecule has 0 aliphatic heterocycles. The zero-order chi connectivity index (χ0) is 31.1. The first-order valence-corrected chi connectivity index (χ1v) is 14.0. The van der Waals surface area contributed by atoms with Crippen LogP contribution in [-0.4, -0.2) is 73.4 Å². The van der Waals surface area contributed by atoms with Crippen LogP contribution in [0.4, 0.5) is 13.2 Å². The van der Waals surface area contributed by atoms with Crippen LogP contribution in [0, 0.1) is 4.91 Å². The van der Waals surface area contributed by atoms with Crippen LogP contribution in [-0.2, 0) is 46.3 Å². The number of sulfone groups is 1. The molecular weight excluding hydrogens is 587 g/mol. The first kappa shape index (κ1) is 32.0. The van der Waals surface area contributed by atoms with E-state index in [4.69, 9.17) is 4.74 Å². The number of halogens is 3. The van der Waals surface area contributed by atoms with Gasteiger partial charge in [-0.25, -0.2) is 13.1 Å².